The molecular weight excluding hydrogens is 615 g/mol. The summed E-state index contributed by atoms with van der Waals surface area (Å²) < 4.78 is 0. The molecule has 0 bridgehead atoms. The van der Waals surface area contributed by atoms with E-state index >= 15 is 0 Å². The maximum Gasteiger partial charge on any atom is 0.220 e. The van der Waals surface area contributed by atoms with Crippen LogP contribution in [0.4, 0.5) is 0 Å². The lowest BCUT2D eigenvalue weighted by Crippen LogP contribution is -2.45. The summed E-state index contributed by atoms with van der Waals surface area (Å²) in [4.78, 5) is 12.4. The van der Waals surface area contributed by atoms with Crippen LogP contribution in [0.5, 0.6) is 0 Å². The topological polar surface area (TPSA) is 69.6 Å². The van der Waals surface area contributed by atoms with Gasteiger partial charge in [0.2, 0.25) is 5.91 Å². The zero-order valence-corrected chi connectivity index (χ0v) is 33.9. The Kier molecular flexibility index (Phi) is 41.3. The molecule has 3 N–H and O–H groups in total. The first kappa shape index (κ1) is 48.9. The van der Waals surface area contributed by atoms with Gasteiger partial charge >= 0.3 is 0 Å². The zero-order chi connectivity index (χ0) is 36.4. The Morgan fingerprint density at radius 3 is 1.20 bits per heavy atom. The largest absolute Gasteiger partial charge is 0.394 e. The van der Waals surface area contributed by atoms with Crippen LogP contribution in [0, 0.1) is 0 Å². The van der Waals surface area contributed by atoms with E-state index in [1.807, 2.05) is 0 Å². The van der Waals surface area contributed by atoms with Gasteiger partial charge in [-0.25, -0.2) is 0 Å². The molecule has 0 rings (SSSR count). The highest BCUT2D eigenvalue weighted by Gasteiger charge is 2.20. The summed E-state index contributed by atoms with van der Waals surface area (Å²) in [5.41, 5.74) is 0. The zero-order valence-electron chi connectivity index (χ0n) is 33.9. The van der Waals surface area contributed by atoms with Crippen molar-refractivity contribution < 1.29 is 15.0 Å². The molecule has 296 valence electrons. The van der Waals surface area contributed by atoms with E-state index in [0.29, 0.717) is 12.8 Å². The van der Waals surface area contributed by atoms with Gasteiger partial charge in [-0.1, -0.05) is 218 Å². The molecule has 0 radical (unpaired) electrons. The van der Waals surface area contributed by atoms with Gasteiger partial charge in [0.25, 0.3) is 0 Å². The highest BCUT2D eigenvalue weighted by atomic mass is 16.3. The molecule has 50 heavy (non-hydrogen) atoms. The Hall–Kier alpha value is -1.13. The van der Waals surface area contributed by atoms with E-state index in [2.05, 4.69) is 43.5 Å². The van der Waals surface area contributed by atoms with Crippen LogP contribution in [0.1, 0.15) is 245 Å². The van der Waals surface area contributed by atoms with E-state index < -0.39 is 12.1 Å². The number of nitrogens with one attached hydrogen (secondary N) is 1. The van der Waals surface area contributed by atoms with Gasteiger partial charge in [0, 0.05) is 6.42 Å². The lowest BCUT2D eigenvalue weighted by atomic mass is 10.0. The quantitative estimate of drug-likeness (QED) is 0.0438. The molecule has 4 heteroatoms. The molecule has 0 aliphatic carbocycles. The van der Waals surface area contributed by atoms with Crippen molar-refractivity contribution in [2.75, 3.05) is 6.61 Å². The molecule has 2 atom stereocenters. The van der Waals surface area contributed by atoms with Gasteiger partial charge in [-0.3, -0.25) is 4.79 Å². The molecule has 0 saturated carbocycles. The van der Waals surface area contributed by atoms with Crippen LogP contribution in [0.25, 0.3) is 0 Å². The number of allylic oxidation sites excluding steroid dienone is 4. The van der Waals surface area contributed by atoms with E-state index in [1.54, 1.807) is 0 Å². The molecule has 4 nitrogen and oxygen atoms in total. The van der Waals surface area contributed by atoms with E-state index in [9.17, 15) is 15.0 Å². The average molecular weight is 704 g/mol. The monoisotopic (exact) mass is 704 g/mol. The number of carbonyl (C=O) groups is 1. The molecule has 1 amide bonds. The number of amides is 1. The van der Waals surface area contributed by atoms with E-state index in [-0.39, 0.29) is 12.5 Å². The second-order valence-electron chi connectivity index (χ2n) is 15.5. The summed E-state index contributed by atoms with van der Waals surface area (Å²) in [5, 5.41) is 23.0. The molecule has 0 heterocycles. The average Bonchev–Trinajstić information content (AvgIpc) is 3.12. The highest BCUT2D eigenvalue weighted by molar-refractivity contribution is 5.76. The SMILES string of the molecule is CCCCCCC/C=C\C/C=C\CCCCCCCCCCCCCCCCCCCC(=O)NC(CO)C(O)CCCCCCCCCCC. The van der Waals surface area contributed by atoms with Gasteiger partial charge in [0.15, 0.2) is 0 Å². The van der Waals surface area contributed by atoms with Crippen LogP contribution in [0.3, 0.4) is 0 Å². The molecule has 0 aromatic rings. The van der Waals surface area contributed by atoms with Crippen molar-refractivity contribution in [3.8, 4) is 0 Å². The van der Waals surface area contributed by atoms with Crippen molar-refractivity contribution >= 4 is 5.91 Å². The fourth-order valence-corrected chi connectivity index (χ4v) is 6.98. The Morgan fingerprint density at radius 1 is 0.480 bits per heavy atom. The van der Waals surface area contributed by atoms with Gasteiger partial charge < -0.3 is 15.5 Å². The highest BCUT2D eigenvalue weighted by Crippen LogP contribution is 2.16. The summed E-state index contributed by atoms with van der Waals surface area (Å²) in [7, 11) is 0. The minimum Gasteiger partial charge on any atom is -0.394 e. The molecule has 0 saturated heterocycles. The smallest absolute Gasteiger partial charge is 0.220 e. The second-order valence-corrected chi connectivity index (χ2v) is 15.5. The van der Waals surface area contributed by atoms with E-state index in [0.717, 1.165) is 32.1 Å². The van der Waals surface area contributed by atoms with Crippen LogP contribution < -0.4 is 5.32 Å². The number of hydrogen-bond acceptors (Lipinski definition) is 3. The van der Waals surface area contributed by atoms with Crippen LogP contribution in [-0.2, 0) is 4.79 Å². The van der Waals surface area contributed by atoms with Gasteiger partial charge in [-0.15, -0.1) is 0 Å². The Morgan fingerprint density at radius 2 is 0.820 bits per heavy atom. The third-order valence-electron chi connectivity index (χ3n) is 10.5. The minimum atomic E-state index is -0.654. The molecule has 0 fully saturated rings. The fourth-order valence-electron chi connectivity index (χ4n) is 6.98. The van der Waals surface area contributed by atoms with Crippen LogP contribution in [-0.4, -0.2) is 34.9 Å². The second kappa shape index (κ2) is 42.3. The molecule has 0 aliphatic rings. The van der Waals surface area contributed by atoms with Crippen LogP contribution >= 0.6 is 0 Å². The first-order valence-electron chi connectivity index (χ1n) is 22.5. The van der Waals surface area contributed by atoms with Crippen molar-refractivity contribution in [1.82, 2.24) is 5.32 Å². The number of carbonyl (C=O) groups excluding carboxylic acids is 1. The van der Waals surface area contributed by atoms with Crippen LogP contribution in [0.2, 0.25) is 0 Å². The predicted molar refractivity (Wildman–Crippen MR) is 221 cm³/mol. The van der Waals surface area contributed by atoms with Gasteiger partial charge in [-0.2, -0.15) is 0 Å². The van der Waals surface area contributed by atoms with Crippen LogP contribution in [0.15, 0.2) is 24.3 Å². The fraction of sp³-hybridized carbons (Fsp3) is 0.891. The van der Waals surface area contributed by atoms with Gasteiger partial charge in [0.1, 0.15) is 0 Å². The van der Waals surface area contributed by atoms with Gasteiger partial charge in [0.05, 0.1) is 18.8 Å². The maximum atomic E-state index is 12.4. The standard InChI is InChI=1S/C46H89NO3/c1-3-5-7-9-11-13-14-15-16-17-18-19-20-21-22-23-24-25-26-27-28-29-30-31-32-34-36-38-40-42-46(50)47-44(43-48)45(49)41-39-37-35-33-12-10-8-6-4-2/h14-15,17-18,44-45,48-49H,3-13,16,19-43H2,1-2H3,(H,47,50)/b15-14-,18-17-. The van der Waals surface area contributed by atoms with E-state index in [1.165, 1.54) is 186 Å². The molecule has 0 aromatic heterocycles. The Balaban J connectivity index is 3.41. The van der Waals surface area contributed by atoms with E-state index in [4.69, 9.17) is 0 Å². The number of aliphatic hydroxyl groups is 2. The molecule has 0 aromatic carbocycles. The number of hydrogen-bond donors (Lipinski definition) is 3. The van der Waals surface area contributed by atoms with Crippen molar-refractivity contribution in [2.45, 2.75) is 257 Å². The number of aliphatic hydroxyl groups excluding tert-OH is 2. The summed E-state index contributed by atoms with van der Waals surface area (Å²) in [6.45, 7) is 4.33. The third-order valence-corrected chi connectivity index (χ3v) is 10.5. The number of rotatable bonds is 41. The minimum absolute atomic E-state index is 0.0314. The normalized spacial score (nSPS) is 13.1. The van der Waals surface area contributed by atoms with Crippen molar-refractivity contribution in [3.63, 3.8) is 0 Å². The first-order chi connectivity index (χ1) is 24.7. The Labute approximate surface area is 313 Å². The molecule has 0 spiro atoms. The Bertz CT molecular complexity index is 720. The lowest BCUT2D eigenvalue weighted by molar-refractivity contribution is -0.123. The predicted octanol–water partition coefficient (Wildman–Crippen LogP) is 14.0. The molecular formula is C46H89NO3. The van der Waals surface area contributed by atoms with Crippen molar-refractivity contribution in [1.29, 1.82) is 0 Å². The number of unbranched alkanes of at least 4 members (excludes halogenated alkanes) is 30. The summed E-state index contributed by atoms with van der Waals surface area (Å²) in [5.74, 6) is -0.0314. The lowest BCUT2D eigenvalue weighted by Gasteiger charge is -2.22. The summed E-state index contributed by atoms with van der Waals surface area (Å²) in [6.07, 6.45) is 54.2. The summed E-state index contributed by atoms with van der Waals surface area (Å²) >= 11 is 0. The van der Waals surface area contributed by atoms with Crippen molar-refractivity contribution in [2.24, 2.45) is 0 Å². The maximum absolute atomic E-state index is 12.4. The first-order valence-corrected chi connectivity index (χ1v) is 22.5. The molecule has 0 aliphatic heterocycles. The summed E-state index contributed by atoms with van der Waals surface area (Å²) in [6, 6.07) is -0.531. The third kappa shape index (κ3) is 38.1. The van der Waals surface area contributed by atoms with Gasteiger partial charge in [-0.05, 0) is 44.9 Å². The molecule has 2 unspecified atom stereocenters. The van der Waals surface area contributed by atoms with Crippen molar-refractivity contribution in [3.05, 3.63) is 24.3 Å².